The van der Waals surface area contributed by atoms with Crippen LogP contribution in [-0.4, -0.2) is 30.7 Å². The van der Waals surface area contributed by atoms with Crippen LogP contribution in [0.3, 0.4) is 0 Å². The third-order valence-corrected chi connectivity index (χ3v) is 4.54. The third-order valence-electron chi connectivity index (χ3n) is 3.17. The molecule has 0 radical (unpaired) electrons. The van der Waals surface area contributed by atoms with Crippen LogP contribution in [0.25, 0.3) is 0 Å². The number of hydrogen-bond donors (Lipinski definition) is 1. The van der Waals surface area contributed by atoms with E-state index >= 15 is 0 Å². The second-order valence-electron chi connectivity index (χ2n) is 5.03. The minimum Gasteiger partial charge on any atom is -0.458 e. The van der Waals surface area contributed by atoms with Crippen molar-refractivity contribution < 1.29 is 17.9 Å². The maximum Gasteiger partial charge on any atom is 0.360 e. The fourth-order valence-electron chi connectivity index (χ4n) is 2.08. The van der Waals surface area contributed by atoms with Gasteiger partial charge in [-0.2, -0.15) is 5.10 Å². The molecular weight excluding hydrogens is 304 g/mol. The monoisotopic (exact) mass is 320 g/mol. The normalized spacial score (nSPS) is 16.9. The number of hydrogen-bond acceptors (Lipinski definition) is 5. The zero-order valence-electron chi connectivity index (χ0n) is 11.3. The summed E-state index contributed by atoms with van der Waals surface area (Å²) in [6, 6.07) is 0. The van der Waals surface area contributed by atoms with Crippen LogP contribution in [-0.2, 0) is 13.8 Å². The topological polar surface area (TPSA) is 89.1 Å². The van der Waals surface area contributed by atoms with Crippen LogP contribution in [0.4, 0.5) is 0 Å². The number of aromatic nitrogens is 2. The summed E-state index contributed by atoms with van der Waals surface area (Å²) >= 11 is 0. The molecular formula is C12H17ClN2O4S. The van der Waals surface area contributed by atoms with Gasteiger partial charge in [-0.25, -0.2) is 13.2 Å². The van der Waals surface area contributed by atoms with Gasteiger partial charge in [-0.1, -0.05) is 13.3 Å². The van der Waals surface area contributed by atoms with Crippen LogP contribution in [0.2, 0.25) is 0 Å². The largest absolute Gasteiger partial charge is 0.458 e. The Bertz CT molecular complexity index is 607. The molecule has 0 aromatic carbocycles. The molecule has 0 bridgehead atoms. The summed E-state index contributed by atoms with van der Waals surface area (Å²) in [7, 11) is 1.39. The molecule has 6 nitrogen and oxygen atoms in total. The zero-order chi connectivity index (χ0) is 14.9. The summed E-state index contributed by atoms with van der Waals surface area (Å²) < 4.78 is 28.5. The van der Waals surface area contributed by atoms with Crippen molar-refractivity contribution in [1.29, 1.82) is 0 Å². The lowest BCUT2D eigenvalue weighted by Crippen LogP contribution is -2.17. The number of esters is 1. The van der Waals surface area contributed by atoms with Crippen LogP contribution in [0, 0.1) is 0 Å². The van der Waals surface area contributed by atoms with Gasteiger partial charge < -0.3 is 4.74 Å². The Morgan fingerprint density at radius 3 is 2.70 bits per heavy atom. The summed E-state index contributed by atoms with van der Waals surface area (Å²) in [4.78, 5) is 11.8. The quantitative estimate of drug-likeness (QED) is 0.642. The van der Waals surface area contributed by atoms with Crippen LogP contribution in [0.5, 0.6) is 0 Å². The molecule has 1 aliphatic rings. The van der Waals surface area contributed by atoms with Crippen LogP contribution < -0.4 is 0 Å². The molecule has 1 N–H and O–H groups in total. The summed E-state index contributed by atoms with van der Waals surface area (Å²) in [5.41, 5.74) is 0.167. The number of aromatic amines is 1. The third kappa shape index (κ3) is 3.32. The Balaban J connectivity index is 2.30. The average Bonchev–Trinajstić information content (AvgIpc) is 3.06. The first-order valence-electron chi connectivity index (χ1n) is 6.58. The lowest BCUT2D eigenvalue weighted by molar-refractivity contribution is 0.0312. The predicted molar refractivity (Wildman–Crippen MR) is 73.4 cm³/mol. The summed E-state index contributed by atoms with van der Waals surface area (Å²) in [5.74, 6) is -0.672. The molecule has 1 aliphatic carbocycles. The SMILES string of the molecule is CCCC(C)OC(=O)c1n[nH]c(C2CC2)c1S(=O)(=O)Cl. The van der Waals surface area contributed by atoms with Gasteiger partial charge in [-0.3, -0.25) is 5.10 Å². The summed E-state index contributed by atoms with van der Waals surface area (Å²) in [6.07, 6.45) is 3.00. The Morgan fingerprint density at radius 1 is 1.55 bits per heavy atom. The number of ether oxygens (including phenoxy) is 1. The average molecular weight is 321 g/mol. The van der Waals surface area contributed by atoms with Crippen LogP contribution in [0.1, 0.15) is 61.6 Å². The number of nitrogens with one attached hydrogen (secondary N) is 1. The molecule has 1 atom stereocenters. The van der Waals surface area contributed by atoms with Crippen molar-refractivity contribution in [3.63, 3.8) is 0 Å². The highest BCUT2D eigenvalue weighted by Gasteiger charge is 2.37. The molecule has 0 aliphatic heterocycles. The maximum atomic E-state index is 12.0. The van der Waals surface area contributed by atoms with Gasteiger partial charge in [0.2, 0.25) is 0 Å². The van der Waals surface area contributed by atoms with E-state index in [9.17, 15) is 13.2 Å². The molecule has 1 unspecified atom stereocenters. The molecule has 2 rings (SSSR count). The van der Waals surface area contributed by atoms with Gasteiger partial charge >= 0.3 is 5.97 Å². The predicted octanol–water partition coefficient (Wildman–Crippen LogP) is 2.56. The zero-order valence-corrected chi connectivity index (χ0v) is 12.9. The Kier molecular flexibility index (Phi) is 4.39. The second kappa shape index (κ2) is 5.73. The molecule has 1 aromatic heterocycles. The first-order valence-corrected chi connectivity index (χ1v) is 8.89. The van der Waals surface area contributed by atoms with Gasteiger partial charge in [0.05, 0.1) is 11.8 Å². The number of carbonyl (C=O) groups is 1. The fraction of sp³-hybridized carbons (Fsp3) is 0.667. The lowest BCUT2D eigenvalue weighted by atomic mass is 10.2. The van der Waals surface area contributed by atoms with Gasteiger partial charge in [-0.15, -0.1) is 0 Å². The van der Waals surface area contributed by atoms with Gasteiger partial charge in [0, 0.05) is 16.6 Å². The highest BCUT2D eigenvalue weighted by atomic mass is 35.7. The minimum absolute atomic E-state index is 0.0839. The smallest absolute Gasteiger partial charge is 0.360 e. The van der Waals surface area contributed by atoms with Crippen LogP contribution in [0.15, 0.2) is 4.90 Å². The number of halogens is 1. The minimum atomic E-state index is -4.04. The van der Waals surface area contributed by atoms with Gasteiger partial charge in [0.15, 0.2) is 5.69 Å². The number of H-pyrrole nitrogens is 1. The van der Waals surface area contributed by atoms with Crippen molar-refractivity contribution in [3.05, 3.63) is 11.4 Å². The van der Waals surface area contributed by atoms with E-state index in [1.54, 1.807) is 6.92 Å². The molecule has 1 heterocycles. The highest BCUT2D eigenvalue weighted by Crippen LogP contribution is 2.43. The van der Waals surface area contributed by atoms with Crippen LogP contribution >= 0.6 is 10.7 Å². The van der Waals surface area contributed by atoms with Gasteiger partial charge in [0.25, 0.3) is 9.05 Å². The standard InChI is InChI=1S/C12H17ClN2O4S/c1-3-4-7(2)19-12(16)10-11(20(13,17)18)9(14-15-10)8-5-6-8/h7-8H,3-6H2,1-2H3,(H,14,15). The first-order chi connectivity index (χ1) is 9.34. The second-order valence-corrected chi connectivity index (χ2v) is 7.53. The molecule has 8 heteroatoms. The van der Waals surface area contributed by atoms with E-state index in [2.05, 4.69) is 10.2 Å². The van der Waals surface area contributed by atoms with Crippen molar-refractivity contribution in [2.45, 2.75) is 56.4 Å². The fourth-order valence-corrected chi connectivity index (χ4v) is 3.39. The van der Waals surface area contributed by atoms with Crippen molar-refractivity contribution in [2.75, 3.05) is 0 Å². The van der Waals surface area contributed by atoms with Crippen molar-refractivity contribution in [2.24, 2.45) is 0 Å². The summed E-state index contributed by atoms with van der Waals surface area (Å²) in [5, 5.41) is 6.41. The number of rotatable bonds is 6. The van der Waals surface area contributed by atoms with Crippen molar-refractivity contribution >= 4 is 25.7 Å². The van der Waals surface area contributed by atoms with E-state index < -0.39 is 15.0 Å². The molecule has 20 heavy (non-hydrogen) atoms. The number of nitrogens with zero attached hydrogens (tertiary/aromatic N) is 1. The Morgan fingerprint density at radius 2 is 2.20 bits per heavy atom. The molecule has 112 valence electrons. The lowest BCUT2D eigenvalue weighted by Gasteiger charge is -2.11. The highest BCUT2D eigenvalue weighted by molar-refractivity contribution is 8.13. The van der Waals surface area contributed by atoms with E-state index in [1.807, 2.05) is 6.92 Å². The summed E-state index contributed by atoms with van der Waals surface area (Å²) in [6.45, 7) is 3.73. The van der Waals surface area contributed by atoms with E-state index in [0.29, 0.717) is 12.1 Å². The molecule has 0 spiro atoms. The molecule has 0 amide bonds. The van der Waals surface area contributed by atoms with Crippen molar-refractivity contribution in [1.82, 2.24) is 10.2 Å². The molecule has 1 aromatic rings. The van der Waals surface area contributed by atoms with Crippen molar-refractivity contribution in [3.8, 4) is 0 Å². The van der Waals surface area contributed by atoms with E-state index in [0.717, 1.165) is 19.3 Å². The van der Waals surface area contributed by atoms with E-state index in [4.69, 9.17) is 15.4 Å². The van der Waals surface area contributed by atoms with Gasteiger partial charge in [0.1, 0.15) is 4.90 Å². The van der Waals surface area contributed by atoms with Gasteiger partial charge in [-0.05, 0) is 26.2 Å². The first kappa shape index (κ1) is 15.3. The molecule has 1 fully saturated rings. The molecule has 1 saturated carbocycles. The number of carbonyl (C=O) groups excluding carboxylic acids is 1. The van der Waals surface area contributed by atoms with E-state index in [-0.39, 0.29) is 22.6 Å². The Hall–Kier alpha value is -1.08. The Labute approximate surface area is 122 Å². The van der Waals surface area contributed by atoms with E-state index in [1.165, 1.54) is 0 Å². The maximum absolute atomic E-state index is 12.0. The molecule has 0 saturated heterocycles.